The van der Waals surface area contributed by atoms with E-state index < -0.39 is 17.0 Å². The van der Waals surface area contributed by atoms with Gasteiger partial charge in [0.2, 0.25) is 0 Å². The quantitative estimate of drug-likeness (QED) is 0.785. The first-order valence-electron chi connectivity index (χ1n) is 8.78. The maximum atomic E-state index is 14.9. The van der Waals surface area contributed by atoms with Crippen LogP contribution >= 0.6 is 0 Å². The molecule has 1 aromatic heterocycles. The Bertz CT molecular complexity index is 932. The van der Waals surface area contributed by atoms with Gasteiger partial charge in [-0.1, -0.05) is 30.3 Å². The van der Waals surface area contributed by atoms with Crippen molar-refractivity contribution in [1.82, 2.24) is 15.6 Å². The second-order valence-electron chi connectivity index (χ2n) is 6.83. The van der Waals surface area contributed by atoms with Crippen molar-refractivity contribution < 1.29 is 8.78 Å². The van der Waals surface area contributed by atoms with Crippen molar-refractivity contribution in [2.75, 3.05) is 19.6 Å². The summed E-state index contributed by atoms with van der Waals surface area (Å²) in [4.78, 5) is 4.56. The Morgan fingerprint density at radius 1 is 1.08 bits per heavy atom. The van der Waals surface area contributed by atoms with Gasteiger partial charge in [-0.2, -0.15) is 0 Å². The fourth-order valence-corrected chi connectivity index (χ4v) is 3.93. The Labute approximate surface area is 151 Å². The number of para-hydroxylation sites is 1. The van der Waals surface area contributed by atoms with Gasteiger partial charge in [0.25, 0.3) is 0 Å². The Morgan fingerprint density at radius 2 is 1.92 bits per heavy atom. The predicted molar refractivity (Wildman–Crippen MR) is 98.2 cm³/mol. The van der Waals surface area contributed by atoms with E-state index in [9.17, 15) is 8.78 Å². The van der Waals surface area contributed by atoms with Gasteiger partial charge in [0.05, 0.1) is 11.6 Å². The summed E-state index contributed by atoms with van der Waals surface area (Å²) in [6.45, 7) is 4.10. The second-order valence-corrected chi connectivity index (χ2v) is 6.83. The molecular weight excluding hydrogens is 332 g/mol. The number of nitrogens with one attached hydrogen (secondary N) is 1. The smallest absolute Gasteiger partial charge is 0.130 e. The predicted octanol–water partition coefficient (Wildman–Crippen LogP) is 3.40. The van der Waals surface area contributed by atoms with Crippen LogP contribution in [-0.4, -0.2) is 30.7 Å². The number of aromatic nitrogens is 1. The van der Waals surface area contributed by atoms with Crippen LogP contribution in [0.15, 0.2) is 54.7 Å². The molecule has 2 unspecified atom stereocenters. The zero-order valence-corrected chi connectivity index (χ0v) is 14.5. The van der Waals surface area contributed by atoms with Crippen molar-refractivity contribution in [3.8, 4) is 0 Å². The molecule has 133 valence electrons. The van der Waals surface area contributed by atoms with E-state index in [0.717, 1.165) is 29.1 Å². The van der Waals surface area contributed by atoms with E-state index in [4.69, 9.17) is 5.32 Å². The molecule has 1 N–H and O–H groups in total. The molecule has 3 nitrogen and oxygen atoms in total. The van der Waals surface area contributed by atoms with Gasteiger partial charge in [0.15, 0.2) is 0 Å². The molecule has 1 fully saturated rings. The summed E-state index contributed by atoms with van der Waals surface area (Å²) >= 11 is 0. The van der Waals surface area contributed by atoms with Gasteiger partial charge in [-0.05, 0) is 24.6 Å². The number of halogens is 2. The fourth-order valence-electron chi connectivity index (χ4n) is 3.93. The lowest BCUT2D eigenvalue weighted by molar-refractivity contribution is 0.304. The van der Waals surface area contributed by atoms with E-state index in [1.54, 1.807) is 6.20 Å². The highest BCUT2D eigenvalue weighted by Gasteiger charge is 2.42. The lowest BCUT2D eigenvalue weighted by Crippen LogP contribution is -2.55. The first-order chi connectivity index (χ1) is 12.6. The molecule has 0 bridgehead atoms. The van der Waals surface area contributed by atoms with Crippen molar-refractivity contribution in [2.24, 2.45) is 0 Å². The standard InChI is InChI=1S/C21H20F2N3/c1-21(19-13-24-10-11-25-19,16-8-7-15(22)12-18(16)23)17-6-2-4-14-5-3-9-26-20(14)17/h2-9,12,19,24H,10-11,13H2,1H3. The zero-order chi connectivity index (χ0) is 18.1. The van der Waals surface area contributed by atoms with Crippen molar-refractivity contribution >= 4 is 10.9 Å². The lowest BCUT2D eigenvalue weighted by Gasteiger charge is -2.41. The molecule has 1 radical (unpaired) electrons. The number of hydrogen-bond donors (Lipinski definition) is 1. The van der Waals surface area contributed by atoms with E-state index in [-0.39, 0.29) is 6.04 Å². The van der Waals surface area contributed by atoms with Crippen molar-refractivity contribution in [3.63, 3.8) is 0 Å². The lowest BCUT2D eigenvalue weighted by atomic mass is 9.69. The Morgan fingerprint density at radius 3 is 2.69 bits per heavy atom. The molecule has 2 aromatic carbocycles. The Hall–Kier alpha value is -2.37. The SMILES string of the molecule is CC(c1ccc(F)cc1F)(c1cccc2cccnc12)C1CNCC[N]1. The van der Waals surface area contributed by atoms with Crippen molar-refractivity contribution in [1.29, 1.82) is 0 Å². The molecule has 2 heterocycles. The maximum absolute atomic E-state index is 14.9. The molecule has 1 aliphatic heterocycles. The van der Waals surface area contributed by atoms with Crippen LogP contribution in [0.1, 0.15) is 18.1 Å². The molecule has 0 spiro atoms. The second kappa shape index (κ2) is 6.74. The van der Waals surface area contributed by atoms with Crippen molar-refractivity contribution in [3.05, 3.63) is 77.5 Å². The van der Waals surface area contributed by atoms with E-state index in [1.165, 1.54) is 12.1 Å². The van der Waals surface area contributed by atoms with Crippen LogP contribution in [0, 0.1) is 11.6 Å². The Balaban J connectivity index is 1.98. The molecule has 1 saturated heterocycles. The third-order valence-electron chi connectivity index (χ3n) is 5.33. The molecular formula is C21H20F2N3. The summed E-state index contributed by atoms with van der Waals surface area (Å²) in [6.07, 6.45) is 1.74. The molecule has 2 atom stereocenters. The third kappa shape index (κ3) is 2.77. The largest absolute Gasteiger partial charge is 0.314 e. The molecule has 1 aliphatic rings. The zero-order valence-electron chi connectivity index (χ0n) is 14.5. The highest BCUT2D eigenvalue weighted by molar-refractivity contribution is 5.83. The number of benzene rings is 2. The molecule has 0 saturated carbocycles. The van der Waals surface area contributed by atoms with Gasteiger partial charge >= 0.3 is 0 Å². The monoisotopic (exact) mass is 352 g/mol. The highest BCUT2D eigenvalue weighted by Crippen LogP contribution is 2.40. The van der Waals surface area contributed by atoms with E-state index in [0.29, 0.717) is 18.7 Å². The summed E-state index contributed by atoms with van der Waals surface area (Å²) in [5.41, 5.74) is 1.40. The van der Waals surface area contributed by atoms with Gasteiger partial charge in [-0.15, -0.1) is 0 Å². The molecule has 5 heteroatoms. The van der Waals surface area contributed by atoms with Gasteiger partial charge in [-0.3, -0.25) is 4.98 Å². The first-order valence-corrected chi connectivity index (χ1v) is 8.78. The Kier molecular flexibility index (Phi) is 4.42. The van der Waals surface area contributed by atoms with Crippen LogP contribution in [0.2, 0.25) is 0 Å². The summed E-state index contributed by atoms with van der Waals surface area (Å²) in [5, 5.41) is 9.11. The minimum Gasteiger partial charge on any atom is -0.314 e. The van der Waals surface area contributed by atoms with Gasteiger partial charge < -0.3 is 5.32 Å². The maximum Gasteiger partial charge on any atom is 0.130 e. The van der Waals surface area contributed by atoms with Crippen LogP contribution in [0.4, 0.5) is 8.78 Å². The molecule has 0 aliphatic carbocycles. The molecule has 0 amide bonds. The topological polar surface area (TPSA) is 39.0 Å². The van der Waals surface area contributed by atoms with Crippen LogP contribution in [0.25, 0.3) is 10.9 Å². The third-order valence-corrected chi connectivity index (χ3v) is 5.33. The van der Waals surface area contributed by atoms with Crippen LogP contribution in [0.3, 0.4) is 0 Å². The van der Waals surface area contributed by atoms with E-state index in [1.807, 2.05) is 37.3 Å². The van der Waals surface area contributed by atoms with Gasteiger partial charge in [-0.25, -0.2) is 14.1 Å². The highest BCUT2D eigenvalue weighted by atomic mass is 19.1. The summed E-state index contributed by atoms with van der Waals surface area (Å²) < 4.78 is 28.4. The average Bonchev–Trinajstić information content (AvgIpc) is 2.67. The van der Waals surface area contributed by atoms with Gasteiger partial charge in [0.1, 0.15) is 11.6 Å². The van der Waals surface area contributed by atoms with Crippen LogP contribution in [0.5, 0.6) is 0 Å². The van der Waals surface area contributed by atoms with E-state index in [2.05, 4.69) is 10.3 Å². The average molecular weight is 352 g/mol. The number of piperazine rings is 1. The number of fused-ring (bicyclic) bond motifs is 1. The minimum atomic E-state index is -0.765. The molecule has 3 aromatic rings. The normalized spacial score (nSPS) is 20.0. The number of hydrogen-bond acceptors (Lipinski definition) is 2. The fraction of sp³-hybridized carbons (Fsp3) is 0.286. The van der Waals surface area contributed by atoms with Crippen LogP contribution in [-0.2, 0) is 5.41 Å². The first kappa shape index (κ1) is 17.1. The molecule has 26 heavy (non-hydrogen) atoms. The summed E-state index contributed by atoms with van der Waals surface area (Å²) in [5.74, 6) is -1.13. The van der Waals surface area contributed by atoms with Crippen LogP contribution < -0.4 is 10.6 Å². The number of pyridine rings is 1. The summed E-state index contributed by atoms with van der Waals surface area (Å²) in [7, 11) is 0. The van der Waals surface area contributed by atoms with Crippen molar-refractivity contribution in [2.45, 2.75) is 18.4 Å². The van der Waals surface area contributed by atoms with E-state index >= 15 is 0 Å². The minimum absolute atomic E-state index is 0.177. The number of nitrogens with zero attached hydrogens (tertiary/aromatic N) is 2. The number of rotatable bonds is 3. The van der Waals surface area contributed by atoms with Gasteiger partial charge in [0, 0.05) is 48.3 Å². The summed E-state index contributed by atoms with van der Waals surface area (Å²) in [6, 6.07) is 13.4. The molecule has 4 rings (SSSR count).